The first-order valence-corrected chi connectivity index (χ1v) is 8.15. The number of nitrogens with two attached hydrogens (primary N) is 1. The van der Waals surface area contributed by atoms with Crippen LogP contribution in [-0.2, 0) is 4.79 Å². The van der Waals surface area contributed by atoms with E-state index in [0.717, 1.165) is 38.1 Å². The number of nitrogens with zero attached hydrogens (tertiary/aromatic N) is 1. The van der Waals surface area contributed by atoms with E-state index in [1.165, 1.54) is 3.57 Å². The second-order valence-corrected chi connectivity index (χ2v) is 6.37. The van der Waals surface area contributed by atoms with Gasteiger partial charge in [0, 0.05) is 29.1 Å². The van der Waals surface area contributed by atoms with Gasteiger partial charge in [-0.15, -0.1) is 12.4 Å². The molecule has 1 heterocycles. The number of hydrogen-bond donors (Lipinski definition) is 1. The van der Waals surface area contributed by atoms with Crippen molar-refractivity contribution in [3.05, 3.63) is 27.8 Å². The number of ether oxygens (including phenoxy) is 1. The van der Waals surface area contributed by atoms with E-state index in [0.29, 0.717) is 13.0 Å². The minimum Gasteiger partial charge on any atom is -0.494 e. The average molecular weight is 425 g/mol. The molecule has 0 aromatic heterocycles. The number of carbonyl (C=O) groups is 1. The lowest BCUT2D eigenvalue weighted by Gasteiger charge is -2.30. The molecular formula is C15H22ClIN2O2. The highest BCUT2D eigenvalue weighted by Crippen LogP contribution is 2.14. The van der Waals surface area contributed by atoms with Crippen LogP contribution in [0.5, 0.6) is 5.75 Å². The Bertz CT molecular complexity index is 434. The van der Waals surface area contributed by atoms with Crippen LogP contribution in [0.15, 0.2) is 24.3 Å². The lowest BCUT2D eigenvalue weighted by atomic mass is 10.1. The second-order valence-electron chi connectivity index (χ2n) is 5.12. The van der Waals surface area contributed by atoms with Crippen molar-refractivity contribution in [1.82, 2.24) is 4.90 Å². The van der Waals surface area contributed by atoms with Gasteiger partial charge < -0.3 is 15.4 Å². The molecule has 0 radical (unpaired) electrons. The van der Waals surface area contributed by atoms with Crippen LogP contribution in [0, 0.1) is 3.57 Å². The fourth-order valence-corrected chi connectivity index (χ4v) is 2.61. The van der Waals surface area contributed by atoms with Gasteiger partial charge >= 0.3 is 0 Å². The molecule has 1 aromatic rings. The Kier molecular flexibility index (Phi) is 8.36. The highest BCUT2D eigenvalue weighted by molar-refractivity contribution is 14.1. The zero-order chi connectivity index (χ0) is 14.4. The first kappa shape index (κ1) is 18.5. The zero-order valence-corrected chi connectivity index (χ0v) is 14.9. The molecular weight excluding hydrogens is 403 g/mol. The SMILES string of the molecule is Cl.NC1CCN(C(=O)CCCOc2ccc(I)cc2)CC1. The lowest BCUT2D eigenvalue weighted by Crippen LogP contribution is -2.42. The van der Waals surface area contributed by atoms with Crippen molar-refractivity contribution in [2.45, 2.75) is 31.7 Å². The van der Waals surface area contributed by atoms with Crippen molar-refractivity contribution in [3.63, 3.8) is 0 Å². The van der Waals surface area contributed by atoms with Crippen LogP contribution in [0.1, 0.15) is 25.7 Å². The molecule has 0 saturated carbocycles. The fraction of sp³-hybridized carbons (Fsp3) is 0.533. The highest BCUT2D eigenvalue weighted by Gasteiger charge is 2.19. The van der Waals surface area contributed by atoms with E-state index in [2.05, 4.69) is 22.6 Å². The van der Waals surface area contributed by atoms with Gasteiger partial charge in [0.05, 0.1) is 6.61 Å². The van der Waals surface area contributed by atoms with Gasteiger partial charge in [0.1, 0.15) is 5.75 Å². The molecule has 0 spiro atoms. The normalized spacial score (nSPS) is 15.4. The third kappa shape index (κ3) is 6.40. The molecule has 0 aliphatic carbocycles. The summed E-state index contributed by atoms with van der Waals surface area (Å²) in [6, 6.07) is 8.20. The van der Waals surface area contributed by atoms with E-state index in [1.54, 1.807) is 0 Å². The Balaban J connectivity index is 0.00000220. The molecule has 118 valence electrons. The molecule has 2 N–H and O–H groups in total. The maximum Gasteiger partial charge on any atom is 0.222 e. The molecule has 1 aliphatic rings. The molecule has 21 heavy (non-hydrogen) atoms. The van der Waals surface area contributed by atoms with Gasteiger partial charge in [-0.1, -0.05) is 0 Å². The molecule has 1 amide bonds. The quantitative estimate of drug-likeness (QED) is 0.584. The van der Waals surface area contributed by atoms with E-state index < -0.39 is 0 Å². The zero-order valence-electron chi connectivity index (χ0n) is 12.0. The number of rotatable bonds is 5. The monoisotopic (exact) mass is 424 g/mol. The third-order valence-corrected chi connectivity index (χ3v) is 4.23. The molecule has 4 nitrogen and oxygen atoms in total. The Morgan fingerprint density at radius 2 is 1.90 bits per heavy atom. The van der Waals surface area contributed by atoms with Gasteiger partial charge in [-0.3, -0.25) is 4.79 Å². The Labute approximate surface area is 145 Å². The number of benzene rings is 1. The Morgan fingerprint density at radius 1 is 1.29 bits per heavy atom. The number of piperidine rings is 1. The molecule has 6 heteroatoms. The van der Waals surface area contributed by atoms with Gasteiger partial charge in [0.2, 0.25) is 5.91 Å². The van der Waals surface area contributed by atoms with E-state index in [1.807, 2.05) is 29.2 Å². The van der Waals surface area contributed by atoms with Crippen molar-refractivity contribution in [2.24, 2.45) is 5.73 Å². The van der Waals surface area contributed by atoms with Crippen molar-refractivity contribution < 1.29 is 9.53 Å². The molecule has 0 atom stereocenters. The van der Waals surface area contributed by atoms with Gasteiger partial charge in [-0.2, -0.15) is 0 Å². The standard InChI is InChI=1S/C15H21IN2O2.ClH/c16-12-3-5-14(6-4-12)20-11-1-2-15(19)18-9-7-13(17)8-10-18;/h3-6,13H,1-2,7-11,17H2;1H. The van der Waals surface area contributed by atoms with Crippen molar-refractivity contribution in [2.75, 3.05) is 19.7 Å². The molecule has 0 unspecified atom stereocenters. The number of halogens is 2. The summed E-state index contributed by atoms with van der Waals surface area (Å²) in [4.78, 5) is 13.9. The highest BCUT2D eigenvalue weighted by atomic mass is 127. The molecule has 1 saturated heterocycles. The van der Waals surface area contributed by atoms with Crippen LogP contribution in [0.3, 0.4) is 0 Å². The summed E-state index contributed by atoms with van der Waals surface area (Å²) < 4.78 is 6.81. The van der Waals surface area contributed by atoms with Gasteiger partial charge in [-0.05, 0) is 66.1 Å². The van der Waals surface area contributed by atoms with Crippen LogP contribution < -0.4 is 10.5 Å². The summed E-state index contributed by atoms with van der Waals surface area (Å²) in [6.45, 7) is 2.19. The van der Waals surface area contributed by atoms with Crippen molar-refractivity contribution >= 4 is 40.9 Å². The lowest BCUT2D eigenvalue weighted by molar-refractivity contribution is -0.132. The smallest absolute Gasteiger partial charge is 0.222 e. The molecule has 1 aromatic carbocycles. The number of amides is 1. The van der Waals surface area contributed by atoms with Crippen LogP contribution in [0.4, 0.5) is 0 Å². The van der Waals surface area contributed by atoms with Crippen LogP contribution in [-0.4, -0.2) is 36.5 Å². The second kappa shape index (κ2) is 9.48. The van der Waals surface area contributed by atoms with Gasteiger partial charge in [0.25, 0.3) is 0 Å². The fourth-order valence-electron chi connectivity index (χ4n) is 2.25. The average Bonchev–Trinajstić information content (AvgIpc) is 2.46. The summed E-state index contributed by atoms with van der Waals surface area (Å²) in [5.41, 5.74) is 5.84. The Morgan fingerprint density at radius 3 is 2.52 bits per heavy atom. The molecule has 0 bridgehead atoms. The van der Waals surface area contributed by atoms with Crippen molar-refractivity contribution in [3.8, 4) is 5.75 Å². The molecule has 1 aliphatic heterocycles. The summed E-state index contributed by atoms with van der Waals surface area (Å²) >= 11 is 2.26. The predicted molar refractivity (Wildman–Crippen MR) is 94.9 cm³/mol. The van der Waals surface area contributed by atoms with Crippen LogP contribution in [0.2, 0.25) is 0 Å². The largest absolute Gasteiger partial charge is 0.494 e. The van der Waals surface area contributed by atoms with E-state index in [-0.39, 0.29) is 24.4 Å². The number of carbonyl (C=O) groups excluding carboxylic acids is 1. The maximum atomic E-state index is 12.0. The van der Waals surface area contributed by atoms with E-state index in [4.69, 9.17) is 10.5 Å². The van der Waals surface area contributed by atoms with Crippen LogP contribution >= 0.6 is 35.0 Å². The van der Waals surface area contributed by atoms with E-state index in [9.17, 15) is 4.79 Å². The first-order chi connectivity index (χ1) is 9.65. The first-order valence-electron chi connectivity index (χ1n) is 7.07. The Hall–Kier alpha value is -0.530. The molecule has 2 rings (SSSR count). The van der Waals surface area contributed by atoms with Gasteiger partial charge in [0.15, 0.2) is 0 Å². The summed E-state index contributed by atoms with van der Waals surface area (Å²) in [7, 11) is 0. The maximum absolute atomic E-state index is 12.0. The molecule has 1 fully saturated rings. The van der Waals surface area contributed by atoms with Crippen LogP contribution in [0.25, 0.3) is 0 Å². The minimum absolute atomic E-state index is 0. The summed E-state index contributed by atoms with van der Waals surface area (Å²) in [5.74, 6) is 1.09. The summed E-state index contributed by atoms with van der Waals surface area (Å²) in [6.07, 6.45) is 3.16. The number of likely N-dealkylation sites (tertiary alicyclic amines) is 1. The van der Waals surface area contributed by atoms with E-state index >= 15 is 0 Å². The minimum atomic E-state index is 0. The number of hydrogen-bond acceptors (Lipinski definition) is 3. The third-order valence-electron chi connectivity index (χ3n) is 3.51. The predicted octanol–water partition coefficient (Wildman–Crippen LogP) is 2.82. The van der Waals surface area contributed by atoms with Gasteiger partial charge in [-0.25, -0.2) is 0 Å². The summed E-state index contributed by atoms with van der Waals surface area (Å²) in [5, 5.41) is 0. The topological polar surface area (TPSA) is 55.6 Å². The van der Waals surface area contributed by atoms with Crippen molar-refractivity contribution in [1.29, 1.82) is 0 Å².